The molecule has 1 unspecified atom stereocenters. The number of aromatic amines is 1. The van der Waals surface area contributed by atoms with Crippen LogP contribution in [0.1, 0.15) is 76.3 Å². The van der Waals surface area contributed by atoms with E-state index < -0.39 is 17.5 Å². The van der Waals surface area contributed by atoms with Crippen LogP contribution in [0.4, 0.5) is 4.79 Å². The number of carbonyl (C=O) groups excluding carboxylic acids is 2. The molecule has 4 aromatic rings. The Balaban J connectivity index is 1.07. The van der Waals surface area contributed by atoms with Crippen LogP contribution in [0.25, 0.3) is 22.0 Å². The molecule has 3 atom stereocenters. The molecular formula is C43H52N4O6. The third kappa shape index (κ3) is 8.70. The molecule has 10 heteroatoms. The maximum Gasteiger partial charge on any atom is 0.410 e. The van der Waals surface area contributed by atoms with E-state index in [0.717, 1.165) is 71.1 Å². The molecule has 53 heavy (non-hydrogen) atoms. The van der Waals surface area contributed by atoms with Gasteiger partial charge in [-0.1, -0.05) is 54.6 Å². The standard InChI is InChI=1S/C43H52N4O6/c1-43(2,3)53-42(51)46-23-20-35(37(28-46)40(48)47(33-16-17-33)27-32-26-44-38-12-5-4-11-36(32)38)31-10-6-9-30(25-31)29-14-18-34(19-15-29)52-24-8-22-45-21-7-13-39(45)41(49)50/h4-6,9-12,14-15,18-19,25-26,33,35,37,39,44H,7-8,13,16-17,20-24,27-28H2,1-3H3,(H,49,50)/t35-,37+,39?/m1/s1. The Morgan fingerprint density at radius 2 is 1.72 bits per heavy atom. The highest BCUT2D eigenvalue weighted by Gasteiger charge is 2.43. The van der Waals surface area contributed by atoms with Gasteiger partial charge in [-0.25, -0.2) is 4.79 Å². The second kappa shape index (κ2) is 15.6. The van der Waals surface area contributed by atoms with Gasteiger partial charge in [0, 0.05) is 49.3 Å². The van der Waals surface area contributed by atoms with Gasteiger partial charge in [-0.15, -0.1) is 0 Å². The quantitative estimate of drug-likeness (QED) is 0.144. The lowest BCUT2D eigenvalue weighted by Gasteiger charge is -2.40. The number of carboxylic acid groups (broad SMARTS) is 1. The van der Waals surface area contributed by atoms with Gasteiger partial charge < -0.3 is 29.4 Å². The van der Waals surface area contributed by atoms with Crippen molar-refractivity contribution in [1.82, 2.24) is 19.7 Å². The van der Waals surface area contributed by atoms with Crippen LogP contribution in [-0.2, 0) is 20.9 Å². The van der Waals surface area contributed by atoms with Crippen molar-refractivity contribution in [2.45, 2.75) is 89.4 Å². The zero-order valence-corrected chi connectivity index (χ0v) is 31.1. The van der Waals surface area contributed by atoms with Crippen molar-refractivity contribution in [1.29, 1.82) is 0 Å². The summed E-state index contributed by atoms with van der Waals surface area (Å²) in [6, 6.07) is 24.5. The monoisotopic (exact) mass is 720 g/mol. The second-order valence-electron chi connectivity index (χ2n) is 15.9. The van der Waals surface area contributed by atoms with Crippen molar-refractivity contribution in [3.63, 3.8) is 0 Å². The third-order valence-corrected chi connectivity index (χ3v) is 10.9. The molecule has 280 valence electrons. The van der Waals surface area contributed by atoms with E-state index in [9.17, 15) is 19.5 Å². The van der Waals surface area contributed by atoms with Crippen LogP contribution in [0, 0.1) is 5.92 Å². The minimum atomic E-state index is -0.738. The molecule has 10 nitrogen and oxygen atoms in total. The van der Waals surface area contributed by atoms with Crippen LogP contribution in [0.5, 0.6) is 5.75 Å². The van der Waals surface area contributed by atoms with E-state index in [1.807, 2.05) is 56.1 Å². The maximum atomic E-state index is 14.8. The number of hydrogen-bond acceptors (Lipinski definition) is 6. The van der Waals surface area contributed by atoms with Crippen molar-refractivity contribution >= 4 is 28.9 Å². The number of nitrogens with zero attached hydrogens (tertiary/aromatic N) is 3. The first kappa shape index (κ1) is 36.5. The van der Waals surface area contributed by atoms with E-state index in [2.05, 4.69) is 58.4 Å². The molecule has 1 aromatic heterocycles. The average molecular weight is 721 g/mol. The zero-order chi connectivity index (χ0) is 37.1. The van der Waals surface area contributed by atoms with Crippen LogP contribution in [-0.4, -0.2) is 93.2 Å². The van der Waals surface area contributed by atoms with Crippen LogP contribution in [0.2, 0.25) is 0 Å². The number of benzene rings is 3. The second-order valence-corrected chi connectivity index (χ2v) is 15.9. The number of likely N-dealkylation sites (tertiary alicyclic amines) is 2. The van der Waals surface area contributed by atoms with Crippen molar-refractivity contribution < 1.29 is 29.0 Å². The van der Waals surface area contributed by atoms with Gasteiger partial charge in [0.2, 0.25) is 5.91 Å². The number of carbonyl (C=O) groups is 3. The predicted molar refractivity (Wildman–Crippen MR) is 205 cm³/mol. The van der Waals surface area contributed by atoms with Gasteiger partial charge in [-0.05, 0) is 112 Å². The molecule has 2 amide bonds. The lowest BCUT2D eigenvalue weighted by Crippen LogP contribution is -2.51. The van der Waals surface area contributed by atoms with Crippen LogP contribution in [0.15, 0.2) is 79.0 Å². The van der Waals surface area contributed by atoms with Gasteiger partial charge in [0.1, 0.15) is 17.4 Å². The molecule has 2 aliphatic heterocycles. The van der Waals surface area contributed by atoms with Crippen LogP contribution < -0.4 is 4.74 Å². The molecule has 7 rings (SSSR count). The Kier molecular flexibility index (Phi) is 10.8. The van der Waals surface area contributed by atoms with Crippen LogP contribution in [0.3, 0.4) is 0 Å². The smallest absolute Gasteiger partial charge is 0.410 e. The zero-order valence-electron chi connectivity index (χ0n) is 31.1. The molecule has 0 bridgehead atoms. The van der Waals surface area contributed by atoms with E-state index in [1.165, 1.54) is 0 Å². The summed E-state index contributed by atoms with van der Waals surface area (Å²) in [4.78, 5) is 48.8. The fraction of sp³-hybridized carbons (Fsp3) is 0.465. The van der Waals surface area contributed by atoms with E-state index in [1.54, 1.807) is 4.90 Å². The lowest BCUT2D eigenvalue weighted by molar-refractivity contribution is -0.142. The Hall–Kier alpha value is -4.83. The third-order valence-electron chi connectivity index (χ3n) is 10.9. The molecular weight excluding hydrogens is 668 g/mol. The average Bonchev–Trinajstić information content (AvgIpc) is 3.73. The number of aliphatic carboxylic acids is 1. The van der Waals surface area contributed by atoms with Crippen LogP contribution >= 0.6 is 0 Å². The number of para-hydroxylation sites is 1. The summed E-state index contributed by atoms with van der Waals surface area (Å²) in [7, 11) is 0. The van der Waals surface area contributed by atoms with Gasteiger partial charge >= 0.3 is 12.1 Å². The van der Waals surface area contributed by atoms with Crippen molar-refractivity contribution in [3.05, 3.63) is 90.1 Å². The molecule has 3 aliphatic rings. The molecule has 1 saturated carbocycles. The normalized spacial score (nSPS) is 20.7. The van der Waals surface area contributed by atoms with Crippen molar-refractivity contribution in [3.8, 4) is 16.9 Å². The van der Waals surface area contributed by atoms with E-state index in [0.29, 0.717) is 45.6 Å². The highest BCUT2D eigenvalue weighted by molar-refractivity contribution is 5.85. The van der Waals surface area contributed by atoms with E-state index >= 15 is 0 Å². The Bertz CT molecular complexity index is 1910. The van der Waals surface area contributed by atoms with Gasteiger partial charge in [0.25, 0.3) is 0 Å². The molecule has 2 saturated heterocycles. The summed E-state index contributed by atoms with van der Waals surface area (Å²) in [5.41, 5.74) is 4.73. The van der Waals surface area contributed by atoms with Gasteiger partial charge in [-0.2, -0.15) is 0 Å². The Morgan fingerprint density at radius 1 is 0.925 bits per heavy atom. The SMILES string of the molecule is CC(C)(C)OC(=O)N1CC[C@H](c2cccc(-c3ccc(OCCCN4CCCC4C(=O)O)cc3)c2)[C@@H](C(=O)N(Cc2c[nH]c3ccccc23)C2CC2)C1. The fourth-order valence-corrected chi connectivity index (χ4v) is 8.05. The summed E-state index contributed by atoms with van der Waals surface area (Å²) in [5.74, 6) is -0.357. The van der Waals surface area contributed by atoms with E-state index in [4.69, 9.17) is 9.47 Å². The number of rotatable bonds is 12. The number of nitrogens with one attached hydrogen (secondary N) is 1. The first-order chi connectivity index (χ1) is 25.5. The molecule has 0 radical (unpaired) electrons. The van der Waals surface area contributed by atoms with Gasteiger partial charge in [-0.3, -0.25) is 14.5 Å². The summed E-state index contributed by atoms with van der Waals surface area (Å²) in [6.07, 6.45) is 6.67. The number of hydrogen-bond donors (Lipinski definition) is 2. The first-order valence-corrected chi connectivity index (χ1v) is 19.2. The summed E-state index contributed by atoms with van der Waals surface area (Å²) < 4.78 is 11.8. The number of aromatic nitrogens is 1. The highest BCUT2D eigenvalue weighted by atomic mass is 16.6. The predicted octanol–water partition coefficient (Wildman–Crippen LogP) is 7.68. The maximum absolute atomic E-state index is 14.8. The number of H-pyrrole nitrogens is 1. The fourth-order valence-electron chi connectivity index (χ4n) is 8.05. The molecule has 2 N–H and O–H groups in total. The number of amides is 2. The highest BCUT2D eigenvalue weighted by Crippen LogP contribution is 2.40. The Morgan fingerprint density at radius 3 is 2.47 bits per heavy atom. The molecule has 0 spiro atoms. The summed E-state index contributed by atoms with van der Waals surface area (Å²) >= 11 is 0. The van der Waals surface area contributed by atoms with Crippen molar-refractivity contribution in [2.75, 3.05) is 32.8 Å². The lowest BCUT2D eigenvalue weighted by atomic mass is 9.79. The van der Waals surface area contributed by atoms with Gasteiger partial charge in [0.05, 0.1) is 12.5 Å². The molecule has 3 heterocycles. The number of fused-ring (bicyclic) bond motifs is 1. The molecule has 3 aromatic carbocycles. The topological polar surface area (TPSA) is 115 Å². The summed E-state index contributed by atoms with van der Waals surface area (Å²) in [6.45, 7) is 9.01. The largest absolute Gasteiger partial charge is 0.494 e. The van der Waals surface area contributed by atoms with Crippen molar-refractivity contribution in [2.24, 2.45) is 5.92 Å². The molecule has 1 aliphatic carbocycles. The number of piperidine rings is 1. The first-order valence-electron chi connectivity index (χ1n) is 19.2. The molecule has 3 fully saturated rings. The minimum absolute atomic E-state index is 0.0655. The minimum Gasteiger partial charge on any atom is -0.494 e. The summed E-state index contributed by atoms with van der Waals surface area (Å²) in [5, 5.41) is 10.6. The van der Waals surface area contributed by atoms with Gasteiger partial charge in [0.15, 0.2) is 0 Å². The van der Waals surface area contributed by atoms with E-state index in [-0.39, 0.29) is 30.0 Å². The number of carboxylic acids is 1. The Labute approximate surface area is 312 Å². The number of ether oxygens (including phenoxy) is 2.